The molecule has 0 saturated heterocycles. The van der Waals surface area contributed by atoms with Gasteiger partial charge in [0.2, 0.25) is 0 Å². The SMILES string of the molecule is CCCCC1CCCCC1(CCCC)OP(O)O. The minimum atomic E-state index is -2.23. The monoisotopic (exact) mass is 276 g/mol. The zero-order valence-electron chi connectivity index (χ0n) is 11.9. The van der Waals surface area contributed by atoms with Crippen molar-refractivity contribution in [3.05, 3.63) is 0 Å². The lowest BCUT2D eigenvalue weighted by molar-refractivity contribution is -0.0440. The first-order valence-electron chi connectivity index (χ1n) is 7.51. The van der Waals surface area contributed by atoms with Crippen molar-refractivity contribution >= 4 is 8.60 Å². The van der Waals surface area contributed by atoms with E-state index < -0.39 is 8.60 Å². The number of hydrogen-bond donors (Lipinski definition) is 2. The molecule has 0 heterocycles. The van der Waals surface area contributed by atoms with Crippen LogP contribution < -0.4 is 0 Å². The van der Waals surface area contributed by atoms with Crippen molar-refractivity contribution in [1.29, 1.82) is 0 Å². The minimum absolute atomic E-state index is 0.251. The average Bonchev–Trinajstić information content (AvgIpc) is 2.35. The summed E-state index contributed by atoms with van der Waals surface area (Å²) in [5, 5.41) is 0. The minimum Gasteiger partial charge on any atom is -0.328 e. The Hall–Kier alpha value is 0.310. The van der Waals surface area contributed by atoms with E-state index in [0.29, 0.717) is 5.92 Å². The fraction of sp³-hybridized carbons (Fsp3) is 1.00. The molecule has 0 aromatic heterocycles. The van der Waals surface area contributed by atoms with Gasteiger partial charge in [-0.05, 0) is 31.6 Å². The maximum Gasteiger partial charge on any atom is 0.327 e. The number of unbranched alkanes of at least 4 members (excludes halogenated alkanes) is 2. The van der Waals surface area contributed by atoms with E-state index in [9.17, 15) is 9.79 Å². The second kappa shape index (κ2) is 8.47. The van der Waals surface area contributed by atoms with Gasteiger partial charge in [-0.25, -0.2) is 0 Å². The van der Waals surface area contributed by atoms with E-state index in [1.165, 1.54) is 32.1 Å². The largest absolute Gasteiger partial charge is 0.328 e. The quantitative estimate of drug-likeness (QED) is 0.641. The average molecular weight is 276 g/mol. The Morgan fingerprint density at radius 2 is 1.89 bits per heavy atom. The Morgan fingerprint density at radius 3 is 2.50 bits per heavy atom. The molecule has 1 aliphatic carbocycles. The van der Waals surface area contributed by atoms with E-state index in [1.54, 1.807) is 0 Å². The molecule has 1 rings (SSSR count). The molecule has 2 N–H and O–H groups in total. The van der Waals surface area contributed by atoms with Gasteiger partial charge in [-0.3, -0.25) is 0 Å². The van der Waals surface area contributed by atoms with Crippen molar-refractivity contribution < 1.29 is 14.3 Å². The first-order chi connectivity index (χ1) is 8.64. The molecule has 0 aromatic rings. The molecular weight excluding hydrogens is 247 g/mol. The second-order valence-corrected chi connectivity index (χ2v) is 6.29. The summed E-state index contributed by atoms with van der Waals surface area (Å²) in [6.45, 7) is 4.39. The highest BCUT2D eigenvalue weighted by molar-refractivity contribution is 7.39. The van der Waals surface area contributed by atoms with Crippen LogP contribution in [0, 0.1) is 5.92 Å². The lowest BCUT2D eigenvalue weighted by atomic mass is 9.71. The Balaban J connectivity index is 2.72. The van der Waals surface area contributed by atoms with Gasteiger partial charge in [-0.1, -0.05) is 52.4 Å². The molecule has 0 bridgehead atoms. The van der Waals surface area contributed by atoms with Gasteiger partial charge in [0.15, 0.2) is 0 Å². The van der Waals surface area contributed by atoms with Gasteiger partial charge in [0.25, 0.3) is 0 Å². The van der Waals surface area contributed by atoms with Crippen LogP contribution in [0.25, 0.3) is 0 Å². The summed E-state index contributed by atoms with van der Waals surface area (Å²) in [4.78, 5) is 18.6. The van der Waals surface area contributed by atoms with Crippen LogP contribution in [-0.4, -0.2) is 15.4 Å². The van der Waals surface area contributed by atoms with Gasteiger partial charge in [-0.15, -0.1) is 0 Å². The highest BCUT2D eigenvalue weighted by Gasteiger charge is 2.42. The zero-order valence-corrected chi connectivity index (χ0v) is 12.8. The van der Waals surface area contributed by atoms with Crippen LogP contribution in [0.5, 0.6) is 0 Å². The standard InChI is InChI=1S/C14H29O3P/c1-3-5-9-13-10-7-8-12-14(13,11-6-4-2)17-18(15)16/h13,15-16H,3-12H2,1-2H3. The van der Waals surface area contributed by atoms with Gasteiger partial charge in [-0.2, -0.15) is 0 Å². The van der Waals surface area contributed by atoms with E-state index in [0.717, 1.165) is 32.1 Å². The third-order valence-corrected chi connectivity index (χ3v) is 4.80. The first kappa shape index (κ1) is 16.4. The van der Waals surface area contributed by atoms with Crippen LogP contribution in [0.2, 0.25) is 0 Å². The van der Waals surface area contributed by atoms with E-state index >= 15 is 0 Å². The molecule has 108 valence electrons. The maximum atomic E-state index is 9.31. The van der Waals surface area contributed by atoms with Crippen molar-refractivity contribution in [3.8, 4) is 0 Å². The van der Waals surface area contributed by atoms with Crippen LogP contribution in [0.3, 0.4) is 0 Å². The Kier molecular flexibility index (Phi) is 7.70. The lowest BCUT2D eigenvalue weighted by Gasteiger charge is -2.44. The van der Waals surface area contributed by atoms with E-state index in [2.05, 4.69) is 13.8 Å². The predicted octanol–water partition coefficient (Wildman–Crippen LogP) is 4.52. The molecule has 3 nitrogen and oxygen atoms in total. The summed E-state index contributed by atoms with van der Waals surface area (Å²) >= 11 is 0. The molecule has 18 heavy (non-hydrogen) atoms. The number of rotatable bonds is 8. The van der Waals surface area contributed by atoms with Gasteiger partial charge in [0.1, 0.15) is 0 Å². The number of hydrogen-bond acceptors (Lipinski definition) is 3. The zero-order chi connectivity index (χ0) is 13.4. The summed E-state index contributed by atoms with van der Waals surface area (Å²) < 4.78 is 5.67. The molecule has 4 heteroatoms. The summed E-state index contributed by atoms with van der Waals surface area (Å²) in [6, 6.07) is 0. The van der Waals surface area contributed by atoms with Crippen LogP contribution >= 0.6 is 8.60 Å². The third kappa shape index (κ3) is 4.77. The fourth-order valence-corrected chi connectivity index (χ4v) is 3.93. The third-order valence-electron chi connectivity index (χ3n) is 4.27. The molecule has 0 aliphatic heterocycles. The van der Waals surface area contributed by atoms with Crippen molar-refractivity contribution in [1.82, 2.24) is 0 Å². The van der Waals surface area contributed by atoms with Gasteiger partial charge in [0, 0.05) is 0 Å². The van der Waals surface area contributed by atoms with Crippen molar-refractivity contribution in [2.24, 2.45) is 5.92 Å². The van der Waals surface area contributed by atoms with E-state index in [4.69, 9.17) is 4.52 Å². The highest BCUT2D eigenvalue weighted by atomic mass is 31.2. The van der Waals surface area contributed by atoms with Crippen molar-refractivity contribution in [2.45, 2.75) is 83.7 Å². The van der Waals surface area contributed by atoms with Crippen LogP contribution in [0.4, 0.5) is 0 Å². The first-order valence-corrected chi connectivity index (χ1v) is 8.68. The highest BCUT2D eigenvalue weighted by Crippen LogP contribution is 2.48. The van der Waals surface area contributed by atoms with Crippen LogP contribution in [0.15, 0.2) is 0 Å². The maximum absolute atomic E-state index is 9.31. The summed E-state index contributed by atoms with van der Waals surface area (Å²) in [5.41, 5.74) is -0.251. The Bertz CT molecular complexity index is 223. The van der Waals surface area contributed by atoms with E-state index in [-0.39, 0.29) is 5.60 Å². The molecule has 0 radical (unpaired) electrons. The molecule has 1 fully saturated rings. The Morgan fingerprint density at radius 1 is 1.17 bits per heavy atom. The molecule has 0 spiro atoms. The molecular formula is C14H29O3P. The van der Waals surface area contributed by atoms with Gasteiger partial charge >= 0.3 is 8.60 Å². The molecule has 2 atom stereocenters. The van der Waals surface area contributed by atoms with Crippen molar-refractivity contribution in [3.63, 3.8) is 0 Å². The smallest absolute Gasteiger partial charge is 0.327 e. The molecule has 2 unspecified atom stereocenters. The molecule has 0 aromatic carbocycles. The van der Waals surface area contributed by atoms with Crippen LogP contribution in [-0.2, 0) is 4.52 Å². The Labute approximate surface area is 113 Å². The lowest BCUT2D eigenvalue weighted by Crippen LogP contribution is -2.42. The normalized spacial score (nSPS) is 28.8. The fourth-order valence-electron chi connectivity index (χ4n) is 3.27. The topological polar surface area (TPSA) is 49.7 Å². The van der Waals surface area contributed by atoms with Gasteiger partial charge in [0.05, 0.1) is 5.60 Å². The summed E-state index contributed by atoms with van der Waals surface area (Å²) in [5.74, 6) is 0.516. The van der Waals surface area contributed by atoms with Gasteiger partial charge < -0.3 is 14.3 Å². The van der Waals surface area contributed by atoms with Crippen LogP contribution in [0.1, 0.15) is 78.1 Å². The van der Waals surface area contributed by atoms with E-state index in [1.807, 2.05) is 0 Å². The molecule has 1 aliphatic rings. The summed E-state index contributed by atoms with van der Waals surface area (Å²) in [7, 11) is -2.23. The van der Waals surface area contributed by atoms with Crippen molar-refractivity contribution in [2.75, 3.05) is 0 Å². The summed E-state index contributed by atoms with van der Waals surface area (Å²) in [6.07, 6.45) is 11.4. The molecule has 0 amide bonds. The predicted molar refractivity (Wildman–Crippen MR) is 76.2 cm³/mol. The molecule has 1 saturated carbocycles. The second-order valence-electron chi connectivity index (χ2n) is 5.60.